The van der Waals surface area contributed by atoms with E-state index >= 15 is 0 Å². The summed E-state index contributed by atoms with van der Waals surface area (Å²) in [5.41, 5.74) is 0.0193. The second kappa shape index (κ2) is 9.61. The molecule has 2 rings (SSSR count). The molecular formula is C23H36N2O4. The molecule has 1 aliphatic rings. The smallest absolute Gasteiger partial charge is 0.410 e. The molecule has 1 saturated heterocycles. The third kappa shape index (κ3) is 8.05. The number of carbonyl (C=O) groups excluding carboxylic acids is 2. The minimum absolute atomic E-state index is 0.0102. The summed E-state index contributed by atoms with van der Waals surface area (Å²) in [4.78, 5) is 27.1. The van der Waals surface area contributed by atoms with Gasteiger partial charge in [-0.2, -0.15) is 0 Å². The molecule has 6 heteroatoms. The highest BCUT2D eigenvalue weighted by molar-refractivity contribution is 5.73. The van der Waals surface area contributed by atoms with E-state index in [1.54, 1.807) is 4.90 Å². The highest BCUT2D eigenvalue weighted by Crippen LogP contribution is 2.25. The summed E-state index contributed by atoms with van der Waals surface area (Å²) in [6, 6.07) is 9.79. The lowest BCUT2D eigenvalue weighted by Crippen LogP contribution is -2.57. The molecule has 2 atom stereocenters. The molecule has 0 aliphatic carbocycles. The number of likely N-dealkylation sites (tertiary alicyclic amines) is 1. The van der Waals surface area contributed by atoms with E-state index < -0.39 is 11.2 Å². The molecule has 0 spiro atoms. The van der Waals surface area contributed by atoms with Crippen LogP contribution >= 0.6 is 0 Å². The summed E-state index contributed by atoms with van der Waals surface area (Å²) in [6.07, 6.45) is 1.51. The minimum Gasteiger partial charge on any atom is -0.460 e. The van der Waals surface area contributed by atoms with E-state index in [9.17, 15) is 9.59 Å². The van der Waals surface area contributed by atoms with Gasteiger partial charge in [0.15, 0.2) is 0 Å². The topological polar surface area (TPSA) is 67.9 Å². The van der Waals surface area contributed by atoms with Gasteiger partial charge in [0.25, 0.3) is 0 Å². The summed E-state index contributed by atoms with van der Waals surface area (Å²) in [5.74, 6) is -0.301. The lowest BCUT2D eigenvalue weighted by Gasteiger charge is -2.42. The Morgan fingerprint density at radius 2 is 1.66 bits per heavy atom. The lowest BCUT2D eigenvalue weighted by atomic mass is 9.93. The fourth-order valence-electron chi connectivity index (χ4n) is 3.49. The van der Waals surface area contributed by atoms with E-state index in [1.807, 2.05) is 59.7 Å². The average molecular weight is 405 g/mol. The van der Waals surface area contributed by atoms with Crippen LogP contribution in [0.15, 0.2) is 30.3 Å². The van der Waals surface area contributed by atoms with Crippen LogP contribution in [-0.2, 0) is 20.8 Å². The van der Waals surface area contributed by atoms with Crippen LogP contribution in [-0.4, -0.2) is 46.8 Å². The van der Waals surface area contributed by atoms with Crippen LogP contribution in [0.4, 0.5) is 4.79 Å². The molecule has 6 nitrogen and oxygen atoms in total. The largest absolute Gasteiger partial charge is 0.460 e. The average Bonchev–Trinajstić information content (AvgIpc) is 2.58. The summed E-state index contributed by atoms with van der Waals surface area (Å²) in [5, 5.41) is 3.55. The number of esters is 1. The molecule has 1 heterocycles. The van der Waals surface area contributed by atoms with E-state index in [2.05, 4.69) is 17.4 Å². The molecule has 0 bridgehead atoms. The summed E-state index contributed by atoms with van der Waals surface area (Å²) >= 11 is 0. The van der Waals surface area contributed by atoms with Crippen molar-refractivity contribution in [1.29, 1.82) is 0 Å². The normalized spacial score (nSPS) is 20.3. The van der Waals surface area contributed by atoms with Crippen LogP contribution < -0.4 is 5.32 Å². The minimum atomic E-state index is -0.585. The molecule has 1 aromatic rings. The van der Waals surface area contributed by atoms with Crippen molar-refractivity contribution in [2.24, 2.45) is 0 Å². The predicted molar refractivity (Wildman–Crippen MR) is 113 cm³/mol. The number of carbonyl (C=O) groups is 2. The fraction of sp³-hybridized carbons (Fsp3) is 0.652. The number of nitrogens with zero attached hydrogens (tertiary/aromatic N) is 1. The number of hydrogen-bond donors (Lipinski definition) is 1. The molecular weight excluding hydrogens is 368 g/mol. The second-order valence-corrected chi connectivity index (χ2v) is 9.65. The molecule has 1 aliphatic heterocycles. The van der Waals surface area contributed by atoms with Crippen molar-refractivity contribution in [3.8, 4) is 0 Å². The molecule has 0 saturated carbocycles. The highest BCUT2D eigenvalue weighted by atomic mass is 16.6. The Morgan fingerprint density at radius 1 is 1.03 bits per heavy atom. The monoisotopic (exact) mass is 404 g/mol. The first-order valence-electron chi connectivity index (χ1n) is 10.4. The molecule has 0 radical (unpaired) electrons. The van der Waals surface area contributed by atoms with Gasteiger partial charge >= 0.3 is 12.1 Å². The van der Waals surface area contributed by atoms with Crippen LogP contribution in [0, 0.1) is 0 Å². The SMILES string of the molecule is CC(C)(C)OC(=O)C[C@@H]1[C@@H](NCc2ccccc2)CCCN1C(=O)OC(C)(C)C. The number of hydrogen-bond acceptors (Lipinski definition) is 5. The Bertz CT molecular complexity index is 676. The first-order chi connectivity index (χ1) is 13.4. The molecule has 162 valence electrons. The predicted octanol–water partition coefficient (Wildman–Crippen LogP) is 4.28. The van der Waals surface area contributed by atoms with Crippen molar-refractivity contribution in [2.75, 3.05) is 6.54 Å². The molecule has 1 aromatic carbocycles. The number of amides is 1. The summed E-state index contributed by atoms with van der Waals surface area (Å²) < 4.78 is 11.1. The zero-order chi connectivity index (χ0) is 21.7. The third-order valence-corrected chi connectivity index (χ3v) is 4.61. The number of piperidine rings is 1. The summed E-state index contributed by atoms with van der Waals surface area (Å²) in [6.45, 7) is 12.4. The Labute approximate surface area is 174 Å². The maximum Gasteiger partial charge on any atom is 0.410 e. The molecule has 29 heavy (non-hydrogen) atoms. The number of ether oxygens (including phenoxy) is 2. The third-order valence-electron chi connectivity index (χ3n) is 4.61. The van der Waals surface area contributed by atoms with Gasteiger partial charge in [0.05, 0.1) is 12.5 Å². The van der Waals surface area contributed by atoms with E-state index in [0.717, 1.165) is 18.4 Å². The maximum absolute atomic E-state index is 12.8. The van der Waals surface area contributed by atoms with Crippen molar-refractivity contribution in [3.05, 3.63) is 35.9 Å². The van der Waals surface area contributed by atoms with Crippen molar-refractivity contribution in [2.45, 2.75) is 90.6 Å². The van der Waals surface area contributed by atoms with Gasteiger partial charge in [0, 0.05) is 19.1 Å². The molecule has 1 N–H and O–H groups in total. The van der Waals surface area contributed by atoms with Crippen LogP contribution in [0.2, 0.25) is 0 Å². The van der Waals surface area contributed by atoms with Crippen molar-refractivity contribution >= 4 is 12.1 Å². The quantitative estimate of drug-likeness (QED) is 0.742. The zero-order valence-corrected chi connectivity index (χ0v) is 18.7. The Balaban J connectivity index is 2.15. The van der Waals surface area contributed by atoms with E-state index in [0.29, 0.717) is 13.1 Å². The molecule has 0 aromatic heterocycles. The zero-order valence-electron chi connectivity index (χ0n) is 18.7. The van der Waals surface area contributed by atoms with E-state index in [4.69, 9.17) is 9.47 Å². The maximum atomic E-state index is 12.8. The van der Waals surface area contributed by atoms with E-state index in [1.165, 1.54) is 0 Å². The van der Waals surface area contributed by atoms with Crippen LogP contribution in [0.3, 0.4) is 0 Å². The first-order valence-corrected chi connectivity index (χ1v) is 10.4. The second-order valence-electron chi connectivity index (χ2n) is 9.65. The lowest BCUT2D eigenvalue weighted by molar-refractivity contribution is -0.156. The Morgan fingerprint density at radius 3 is 2.24 bits per heavy atom. The van der Waals surface area contributed by atoms with Crippen molar-refractivity contribution in [3.63, 3.8) is 0 Å². The molecule has 1 fully saturated rings. The molecule has 1 amide bonds. The standard InChI is InChI=1S/C23H36N2O4/c1-22(2,3)28-20(26)15-19-18(24-16-17-11-8-7-9-12-17)13-10-14-25(19)21(27)29-23(4,5)6/h7-9,11-12,18-19,24H,10,13-16H2,1-6H3/t18-,19+/m0/s1. The van der Waals surface area contributed by atoms with Crippen LogP contribution in [0.5, 0.6) is 0 Å². The first kappa shape index (κ1) is 23.2. The van der Waals surface area contributed by atoms with Crippen LogP contribution in [0.25, 0.3) is 0 Å². The Kier molecular flexibility index (Phi) is 7.69. The van der Waals surface area contributed by atoms with Gasteiger partial charge in [0.1, 0.15) is 11.2 Å². The Hall–Kier alpha value is -2.08. The number of rotatable bonds is 5. The van der Waals surface area contributed by atoms with Gasteiger partial charge < -0.3 is 19.7 Å². The fourth-order valence-corrected chi connectivity index (χ4v) is 3.49. The van der Waals surface area contributed by atoms with Gasteiger partial charge in [0.2, 0.25) is 0 Å². The van der Waals surface area contributed by atoms with Gasteiger partial charge in [-0.3, -0.25) is 4.79 Å². The van der Waals surface area contributed by atoms with Gasteiger partial charge in [-0.25, -0.2) is 4.79 Å². The number of nitrogens with one attached hydrogen (secondary N) is 1. The number of benzene rings is 1. The van der Waals surface area contributed by atoms with E-state index in [-0.39, 0.29) is 30.6 Å². The summed E-state index contributed by atoms with van der Waals surface area (Å²) in [7, 11) is 0. The van der Waals surface area contributed by atoms with Gasteiger partial charge in [-0.1, -0.05) is 30.3 Å². The van der Waals surface area contributed by atoms with Gasteiger partial charge in [-0.05, 0) is 59.9 Å². The molecule has 0 unspecified atom stereocenters. The van der Waals surface area contributed by atoms with Crippen LogP contribution in [0.1, 0.15) is 66.4 Å². The van der Waals surface area contributed by atoms with Crippen molar-refractivity contribution < 1.29 is 19.1 Å². The van der Waals surface area contributed by atoms with Crippen molar-refractivity contribution in [1.82, 2.24) is 10.2 Å². The van der Waals surface area contributed by atoms with Gasteiger partial charge in [-0.15, -0.1) is 0 Å². The highest BCUT2D eigenvalue weighted by Gasteiger charge is 2.38.